The number of aromatic nitrogens is 1. The first-order valence-electron chi connectivity index (χ1n) is 6.55. The molecule has 2 rings (SSSR count). The van der Waals surface area contributed by atoms with Crippen LogP contribution < -0.4 is 0 Å². The lowest BCUT2D eigenvalue weighted by molar-refractivity contribution is -0.141. The van der Waals surface area contributed by atoms with E-state index in [9.17, 15) is 18.0 Å². The fourth-order valence-corrected chi connectivity index (χ4v) is 2.53. The van der Waals surface area contributed by atoms with Gasteiger partial charge in [0.2, 0.25) is 0 Å². The lowest BCUT2D eigenvalue weighted by atomic mass is 10.1. The van der Waals surface area contributed by atoms with Crippen molar-refractivity contribution in [3.8, 4) is 6.07 Å². The fourth-order valence-electron chi connectivity index (χ4n) is 1.94. The number of carbonyl (C=O) groups excluding carboxylic acids is 1. The van der Waals surface area contributed by atoms with Crippen LogP contribution in [0.1, 0.15) is 26.6 Å². The van der Waals surface area contributed by atoms with Gasteiger partial charge < -0.3 is 4.90 Å². The SMILES string of the molecule is Cc1nc(C(=O)N(Cc2ccc(C#N)cc2)CC(F)(F)F)cs1. The van der Waals surface area contributed by atoms with Gasteiger partial charge >= 0.3 is 6.18 Å². The Balaban J connectivity index is 2.23. The number of amides is 1. The van der Waals surface area contributed by atoms with Crippen molar-refractivity contribution in [3.63, 3.8) is 0 Å². The number of halogens is 3. The van der Waals surface area contributed by atoms with E-state index in [4.69, 9.17) is 5.26 Å². The van der Waals surface area contributed by atoms with Gasteiger partial charge in [0.05, 0.1) is 16.6 Å². The lowest BCUT2D eigenvalue weighted by Gasteiger charge is -2.23. The van der Waals surface area contributed by atoms with E-state index in [0.717, 1.165) is 0 Å². The highest BCUT2D eigenvalue weighted by molar-refractivity contribution is 7.09. The van der Waals surface area contributed by atoms with Gasteiger partial charge in [0, 0.05) is 11.9 Å². The Labute approximate surface area is 134 Å². The molecule has 2 aromatic rings. The fraction of sp³-hybridized carbons (Fsp3) is 0.267. The minimum atomic E-state index is -4.51. The molecule has 0 aliphatic heterocycles. The molecule has 0 saturated carbocycles. The van der Waals surface area contributed by atoms with Crippen molar-refractivity contribution in [1.29, 1.82) is 5.26 Å². The second-order valence-corrected chi connectivity index (χ2v) is 5.90. The smallest absolute Gasteiger partial charge is 0.324 e. The number of hydrogen-bond donors (Lipinski definition) is 0. The summed E-state index contributed by atoms with van der Waals surface area (Å²) in [5, 5.41) is 10.8. The average Bonchev–Trinajstić information content (AvgIpc) is 2.92. The molecule has 1 aromatic heterocycles. The molecule has 0 unspecified atom stereocenters. The van der Waals surface area contributed by atoms with Gasteiger partial charge in [-0.25, -0.2) is 4.98 Å². The summed E-state index contributed by atoms with van der Waals surface area (Å²) in [6.45, 7) is 0.110. The third kappa shape index (κ3) is 4.79. The number of benzene rings is 1. The van der Waals surface area contributed by atoms with E-state index >= 15 is 0 Å². The van der Waals surface area contributed by atoms with Gasteiger partial charge in [-0.2, -0.15) is 18.4 Å². The van der Waals surface area contributed by atoms with Crippen LogP contribution in [0.3, 0.4) is 0 Å². The number of rotatable bonds is 4. The molecule has 0 aliphatic rings. The first-order valence-corrected chi connectivity index (χ1v) is 7.43. The van der Waals surface area contributed by atoms with Crippen LogP contribution in [0.25, 0.3) is 0 Å². The molecular formula is C15H12F3N3OS. The second kappa shape index (κ2) is 6.79. The topological polar surface area (TPSA) is 57.0 Å². The zero-order valence-electron chi connectivity index (χ0n) is 12.1. The Morgan fingerprint density at radius 3 is 2.48 bits per heavy atom. The van der Waals surface area contributed by atoms with Crippen LogP contribution in [-0.4, -0.2) is 28.5 Å². The number of nitriles is 1. The zero-order chi connectivity index (χ0) is 17.0. The first kappa shape index (κ1) is 17.0. The minimum absolute atomic E-state index is 0.00500. The highest BCUT2D eigenvalue weighted by Gasteiger charge is 2.34. The highest BCUT2D eigenvalue weighted by Crippen LogP contribution is 2.21. The summed E-state index contributed by atoms with van der Waals surface area (Å²) in [4.78, 5) is 16.9. The maximum Gasteiger partial charge on any atom is 0.406 e. The molecule has 1 aromatic carbocycles. The summed E-state index contributed by atoms with van der Waals surface area (Å²) in [7, 11) is 0. The van der Waals surface area contributed by atoms with Gasteiger partial charge in [0.15, 0.2) is 0 Å². The predicted octanol–water partition coefficient (Wildman–Crippen LogP) is 3.53. The second-order valence-electron chi connectivity index (χ2n) is 4.84. The third-order valence-corrected chi connectivity index (χ3v) is 3.73. The van der Waals surface area contributed by atoms with Gasteiger partial charge in [0.1, 0.15) is 12.2 Å². The highest BCUT2D eigenvalue weighted by atomic mass is 32.1. The molecule has 0 aliphatic carbocycles. The van der Waals surface area contributed by atoms with Crippen molar-refractivity contribution in [2.24, 2.45) is 0 Å². The van der Waals surface area contributed by atoms with E-state index in [2.05, 4.69) is 4.98 Å². The summed E-state index contributed by atoms with van der Waals surface area (Å²) >= 11 is 1.20. The van der Waals surface area contributed by atoms with Gasteiger partial charge in [-0.05, 0) is 24.6 Å². The Morgan fingerprint density at radius 2 is 2.00 bits per heavy atom. The molecule has 0 bridgehead atoms. The largest absolute Gasteiger partial charge is 0.406 e. The van der Waals surface area contributed by atoms with E-state index in [1.807, 2.05) is 6.07 Å². The van der Waals surface area contributed by atoms with E-state index in [-0.39, 0.29) is 12.2 Å². The number of alkyl halides is 3. The average molecular weight is 339 g/mol. The Hall–Kier alpha value is -2.40. The molecule has 23 heavy (non-hydrogen) atoms. The molecule has 8 heteroatoms. The van der Waals surface area contributed by atoms with Gasteiger partial charge in [-0.1, -0.05) is 12.1 Å². The Morgan fingerprint density at radius 1 is 1.35 bits per heavy atom. The van der Waals surface area contributed by atoms with Crippen LogP contribution in [0.15, 0.2) is 29.6 Å². The van der Waals surface area contributed by atoms with Crippen LogP contribution >= 0.6 is 11.3 Å². The lowest BCUT2D eigenvalue weighted by Crippen LogP contribution is -2.38. The normalized spacial score (nSPS) is 11.1. The van der Waals surface area contributed by atoms with Crippen molar-refractivity contribution in [1.82, 2.24) is 9.88 Å². The Bertz CT molecular complexity index is 732. The van der Waals surface area contributed by atoms with Crippen molar-refractivity contribution < 1.29 is 18.0 Å². The molecule has 4 nitrogen and oxygen atoms in total. The van der Waals surface area contributed by atoms with E-state index in [1.165, 1.54) is 41.0 Å². The number of aryl methyl sites for hydroxylation is 1. The molecule has 120 valence electrons. The molecule has 0 radical (unpaired) electrons. The van der Waals surface area contributed by atoms with Gasteiger partial charge in [0.25, 0.3) is 5.91 Å². The molecule has 1 amide bonds. The zero-order valence-corrected chi connectivity index (χ0v) is 12.9. The standard InChI is InChI=1S/C15H12F3N3OS/c1-10-20-13(8-23-10)14(22)21(9-15(16,17)18)7-12-4-2-11(6-19)3-5-12/h2-5,8H,7,9H2,1H3. The molecule has 0 N–H and O–H groups in total. The molecule has 0 fully saturated rings. The molecule has 0 saturated heterocycles. The number of nitrogens with zero attached hydrogens (tertiary/aromatic N) is 3. The van der Waals surface area contributed by atoms with Gasteiger partial charge in [-0.3, -0.25) is 4.79 Å². The number of thiazole rings is 1. The summed E-state index contributed by atoms with van der Waals surface area (Å²) in [6.07, 6.45) is -4.51. The maximum absolute atomic E-state index is 12.8. The van der Waals surface area contributed by atoms with E-state index in [1.54, 1.807) is 6.92 Å². The van der Waals surface area contributed by atoms with Crippen molar-refractivity contribution >= 4 is 17.2 Å². The summed E-state index contributed by atoms with van der Waals surface area (Å²) < 4.78 is 38.3. The van der Waals surface area contributed by atoms with Crippen LogP contribution in [0.5, 0.6) is 0 Å². The van der Waals surface area contributed by atoms with Crippen LogP contribution in [0, 0.1) is 18.3 Å². The predicted molar refractivity (Wildman–Crippen MR) is 78.8 cm³/mol. The third-order valence-electron chi connectivity index (χ3n) is 2.95. The van der Waals surface area contributed by atoms with Crippen molar-refractivity contribution in [2.75, 3.05) is 6.54 Å². The first-order chi connectivity index (χ1) is 10.8. The van der Waals surface area contributed by atoms with Crippen LogP contribution in [-0.2, 0) is 6.54 Å². The summed E-state index contributed by atoms with van der Waals surface area (Å²) in [6, 6.07) is 7.98. The summed E-state index contributed by atoms with van der Waals surface area (Å²) in [5.41, 5.74) is 0.913. The van der Waals surface area contributed by atoms with Gasteiger partial charge in [-0.15, -0.1) is 11.3 Å². The maximum atomic E-state index is 12.8. The molecule has 0 spiro atoms. The number of hydrogen-bond acceptors (Lipinski definition) is 4. The van der Waals surface area contributed by atoms with E-state index < -0.39 is 18.6 Å². The molecule has 0 atom stereocenters. The minimum Gasteiger partial charge on any atom is -0.324 e. The molecular weight excluding hydrogens is 327 g/mol. The quantitative estimate of drug-likeness (QED) is 0.856. The Kier molecular flexibility index (Phi) is 5.01. The monoisotopic (exact) mass is 339 g/mol. The number of carbonyl (C=O) groups is 1. The van der Waals surface area contributed by atoms with E-state index in [0.29, 0.717) is 21.0 Å². The van der Waals surface area contributed by atoms with Crippen LogP contribution in [0.4, 0.5) is 13.2 Å². The van der Waals surface area contributed by atoms with Crippen LogP contribution in [0.2, 0.25) is 0 Å². The van der Waals surface area contributed by atoms with Crippen molar-refractivity contribution in [3.05, 3.63) is 51.5 Å². The summed E-state index contributed by atoms with van der Waals surface area (Å²) in [5.74, 6) is -0.768. The molecule has 1 heterocycles. The van der Waals surface area contributed by atoms with Crippen molar-refractivity contribution in [2.45, 2.75) is 19.6 Å².